The van der Waals surface area contributed by atoms with E-state index in [9.17, 15) is 4.79 Å². The smallest absolute Gasteiger partial charge is 0.252 e. The average Bonchev–Trinajstić information content (AvgIpc) is 3.10. The molecule has 0 bridgehead atoms. The lowest BCUT2D eigenvalue weighted by molar-refractivity contribution is 0.0954. The van der Waals surface area contributed by atoms with Crippen molar-refractivity contribution in [2.24, 2.45) is 4.99 Å². The summed E-state index contributed by atoms with van der Waals surface area (Å²) in [5.41, 5.74) is 0.562. The van der Waals surface area contributed by atoms with E-state index in [-0.39, 0.29) is 12.0 Å². The van der Waals surface area contributed by atoms with Gasteiger partial charge in [0, 0.05) is 38.6 Å². The molecule has 0 spiro atoms. The highest BCUT2D eigenvalue weighted by Gasteiger charge is 2.14. The number of aromatic nitrogens is 1. The number of carbonyl (C=O) groups is 1. The van der Waals surface area contributed by atoms with Crippen molar-refractivity contribution < 1.29 is 9.53 Å². The number of nitrogens with zero attached hydrogens (tertiary/aromatic N) is 2. The molecule has 2 heterocycles. The quantitative estimate of drug-likeness (QED) is 0.388. The van der Waals surface area contributed by atoms with Crippen LogP contribution >= 0.6 is 0 Å². The van der Waals surface area contributed by atoms with Gasteiger partial charge in [-0.1, -0.05) is 0 Å². The van der Waals surface area contributed by atoms with Gasteiger partial charge in [0.15, 0.2) is 5.96 Å². The Morgan fingerprint density at radius 3 is 2.96 bits per heavy atom. The molecule has 1 unspecified atom stereocenters. The Morgan fingerprint density at radius 2 is 2.26 bits per heavy atom. The fourth-order valence-electron chi connectivity index (χ4n) is 2.28. The van der Waals surface area contributed by atoms with Crippen LogP contribution in [0, 0.1) is 0 Å². The standard InChI is InChI=1S/C16H25N5O2/c1-2-18-16(21-12-14-6-4-10-23-14)20-9-8-19-15(22)13-5-3-7-17-11-13/h3,5,7,11,14H,2,4,6,8-10,12H2,1H3,(H,19,22)(H2,18,20,21). The van der Waals surface area contributed by atoms with Gasteiger partial charge in [0.1, 0.15) is 0 Å². The monoisotopic (exact) mass is 319 g/mol. The SMILES string of the molecule is CCNC(=NCC1CCCO1)NCCNC(=O)c1cccnc1. The second-order valence-electron chi connectivity index (χ2n) is 5.28. The molecular formula is C16H25N5O2. The van der Waals surface area contributed by atoms with E-state index in [0.29, 0.717) is 25.2 Å². The number of guanidine groups is 1. The number of ether oxygens (including phenoxy) is 1. The minimum absolute atomic E-state index is 0.124. The van der Waals surface area contributed by atoms with Gasteiger partial charge in [-0.05, 0) is 31.9 Å². The van der Waals surface area contributed by atoms with Crippen LogP contribution < -0.4 is 16.0 Å². The molecule has 1 fully saturated rings. The summed E-state index contributed by atoms with van der Waals surface area (Å²) in [5.74, 6) is 0.625. The van der Waals surface area contributed by atoms with Gasteiger partial charge < -0.3 is 20.7 Å². The molecule has 126 valence electrons. The van der Waals surface area contributed by atoms with E-state index < -0.39 is 0 Å². The molecule has 7 nitrogen and oxygen atoms in total. The minimum Gasteiger partial charge on any atom is -0.376 e. The van der Waals surface area contributed by atoms with Gasteiger partial charge in [0.2, 0.25) is 0 Å². The summed E-state index contributed by atoms with van der Waals surface area (Å²) in [5, 5.41) is 9.24. The number of rotatable bonds is 7. The van der Waals surface area contributed by atoms with E-state index in [1.54, 1.807) is 24.5 Å². The molecule has 0 saturated carbocycles. The molecule has 1 saturated heterocycles. The lowest BCUT2D eigenvalue weighted by atomic mass is 10.2. The van der Waals surface area contributed by atoms with Gasteiger partial charge in [0.25, 0.3) is 5.91 Å². The maximum absolute atomic E-state index is 11.9. The first-order valence-corrected chi connectivity index (χ1v) is 8.11. The minimum atomic E-state index is -0.124. The normalized spacial score (nSPS) is 17.8. The highest BCUT2D eigenvalue weighted by Crippen LogP contribution is 2.11. The zero-order valence-corrected chi connectivity index (χ0v) is 13.5. The van der Waals surface area contributed by atoms with Crippen LogP contribution in [0.5, 0.6) is 0 Å². The van der Waals surface area contributed by atoms with Crippen molar-refractivity contribution in [1.82, 2.24) is 20.9 Å². The van der Waals surface area contributed by atoms with Crippen LogP contribution in [0.25, 0.3) is 0 Å². The Bertz CT molecular complexity index is 500. The van der Waals surface area contributed by atoms with Gasteiger partial charge in [-0.3, -0.25) is 14.8 Å². The first-order valence-electron chi connectivity index (χ1n) is 8.11. The number of amides is 1. The molecule has 1 aromatic heterocycles. The first-order chi connectivity index (χ1) is 11.3. The predicted octanol–water partition coefficient (Wildman–Crippen LogP) is 0.546. The van der Waals surface area contributed by atoms with Gasteiger partial charge in [0.05, 0.1) is 18.2 Å². The molecule has 1 aromatic rings. The van der Waals surface area contributed by atoms with E-state index in [4.69, 9.17) is 4.74 Å². The molecule has 1 atom stereocenters. The van der Waals surface area contributed by atoms with Gasteiger partial charge in [-0.2, -0.15) is 0 Å². The van der Waals surface area contributed by atoms with Crippen LogP contribution in [0.4, 0.5) is 0 Å². The fraction of sp³-hybridized carbons (Fsp3) is 0.562. The topological polar surface area (TPSA) is 87.6 Å². The van der Waals surface area contributed by atoms with Crippen molar-refractivity contribution in [3.63, 3.8) is 0 Å². The number of hydrogen-bond donors (Lipinski definition) is 3. The maximum atomic E-state index is 11.9. The summed E-state index contributed by atoms with van der Waals surface area (Å²) < 4.78 is 5.56. The lowest BCUT2D eigenvalue weighted by Crippen LogP contribution is -2.42. The van der Waals surface area contributed by atoms with Crippen LogP contribution in [-0.4, -0.2) is 55.7 Å². The summed E-state index contributed by atoms with van der Waals surface area (Å²) in [6.07, 6.45) is 5.62. The molecule has 3 N–H and O–H groups in total. The molecule has 1 amide bonds. The third kappa shape index (κ3) is 6.23. The van der Waals surface area contributed by atoms with E-state index >= 15 is 0 Å². The van der Waals surface area contributed by atoms with Crippen molar-refractivity contribution in [3.8, 4) is 0 Å². The number of hydrogen-bond acceptors (Lipinski definition) is 4. The van der Waals surface area contributed by atoms with E-state index in [1.807, 2.05) is 6.92 Å². The molecule has 7 heteroatoms. The molecule has 1 aliphatic heterocycles. The number of nitrogens with one attached hydrogen (secondary N) is 3. The zero-order chi connectivity index (χ0) is 16.3. The second-order valence-corrected chi connectivity index (χ2v) is 5.28. The Kier molecular flexibility index (Phi) is 7.32. The molecule has 0 radical (unpaired) electrons. The third-order valence-corrected chi connectivity index (χ3v) is 3.45. The summed E-state index contributed by atoms with van der Waals surface area (Å²) in [7, 11) is 0. The average molecular weight is 319 g/mol. The van der Waals surface area contributed by atoms with Crippen molar-refractivity contribution in [1.29, 1.82) is 0 Å². The highest BCUT2D eigenvalue weighted by atomic mass is 16.5. The molecular weight excluding hydrogens is 294 g/mol. The molecule has 1 aliphatic rings. The fourth-order valence-corrected chi connectivity index (χ4v) is 2.28. The van der Waals surface area contributed by atoms with Crippen LogP contribution in [-0.2, 0) is 4.74 Å². The number of pyridine rings is 1. The van der Waals surface area contributed by atoms with E-state index in [2.05, 4.69) is 25.9 Å². The Morgan fingerprint density at radius 1 is 1.39 bits per heavy atom. The summed E-state index contributed by atoms with van der Waals surface area (Å²) in [6, 6.07) is 3.48. The first kappa shape index (κ1) is 17.2. The van der Waals surface area contributed by atoms with Crippen LogP contribution in [0.2, 0.25) is 0 Å². The zero-order valence-electron chi connectivity index (χ0n) is 13.5. The van der Waals surface area contributed by atoms with Crippen molar-refractivity contribution in [3.05, 3.63) is 30.1 Å². The van der Waals surface area contributed by atoms with E-state index in [1.165, 1.54) is 0 Å². The second kappa shape index (κ2) is 9.78. The molecule has 0 aromatic carbocycles. The van der Waals surface area contributed by atoms with Crippen molar-refractivity contribution >= 4 is 11.9 Å². The van der Waals surface area contributed by atoms with Crippen LogP contribution in [0.3, 0.4) is 0 Å². The Labute approximate surface area is 136 Å². The summed E-state index contributed by atoms with van der Waals surface area (Å²) in [6.45, 7) is 5.43. The Balaban J connectivity index is 1.69. The number of aliphatic imine (C=N–C) groups is 1. The third-order valence-electron chi connectivity index (χ3n) is 3.45. The van der Waals surface area contributed by atoms with Crippen LogP contribution in [0.15, 0.2) is 29.5 Å². The predicted molar refractivity (Wildman–Crippen MR) is 89.5 cm³/mol. The Hall–Kier alpha value is -2.15. The van der Waals surface area contributed by atoms with Gasteiger partial charge in [-0.25, -0.2) is 0 Å². The lowest BCUT2D eigenvalue weighted by Gasteiger charge is -2.13. The summed E-state index contributed by atoms with van der Waals surface area (Å²) >= 11 is 0. The largest absolute Gasteiger partial charge is 0.376 e. The molecule has 2 rings (SSSR count). The summed E-state index contributed by atoms with van der Waals surface area (Å²) in [4.78, 5) is 20.3. The number of carbonyl (C=O) groups excluding carboxylic acids is 1. The van der Waals surface area contributed by atoms with Gasteiger partial charge in [-0.15, -0.1) is 0 Å². The van der Waals surface area contributed by atoms with Crippen molar-refractivity contribution in [2.45, 2.75) is 25.9 Å². The van der Waals surface area contributed by atoms with E-state index in [0.717, 1.165) is 32.0 Å². The van der Waals surface area contributed by atoms with Crippen molar-refractivity contribution in [2.75, 3.05) is 32.8 Å². The molecule has 23 heavy (non-hydrogen) atoms. The molecule has 0 aliphatic carbocycles. The van der Waals surface area contributed by atoms with Gasteiger partial charge >= 0.3 is 0 Å². The van der Waals surface area contributed by atoms with Crippen LogP contribution in [0.1, 0.15) is 30.1 Å². The maximum Gasteiger partial charge on any atom is 0.252 e. The highest BCUT2D eigenvalue weighted by molar-refractivity contribution is 5.93.